The fourth-order valence-electron chi connectivity index (χ4n) is 1.97. The van der Waals surface area contributed by atoms with E-state index in [1.807, 2.05) is 6.92 Å². The molecule has 0 radical (unpaired) electrons. The summed E-state index contributed by atoms with van der Waals surface area (Å²) in [5, 5.41) is 3.68. The van der Waals surface area contributed by atoms with Crippen LogP contribution in [0.2, 0.25) is 5.02 Å². The monoisotopic (exact) mass is 352 g/mol. The van der Waals surface area contributed by atoms with Crippen LogP contribution in [0.5, 0.6) is 5.75 Å². The summed E-state index contributed by atoms with van der Waals surface area (Å²) in [6, 6.07) is 5.20. The summed E-state index contributed by atoms with van der Waals surface area (Å²) in [7, 11) is 0. The topological polar surface area (TPSA) is 68.3 Å². The number of ether oxygens (including phenoxy) is 1. The molecule has 0 aliphatic carbocycles. The maximum absolute atomic E-state index is 12.2. The van der Waals surface area contributed by atoms with Crippen LogP contribution in [-0.2, 0) is 4.79 Å². The highest BCUT2D eigenvalue weighted by molar-refractivity contribution is 7.17. The SMILES string of the molecule is CC(=O)c1sc(NC(=O)C(C)Oc2ccc(Cl)cc2C)nc1C. The third-order valence-corrected chi connectivity index (χ3v) is 4.57. The van der Waals surface area contributed by atoms with E-state index in [0.717, 1.165) is 16.9 Å². The number of hydrogen-bond donors (Lipinski definition) is 1. The van der Waals surface area contributed by atoms with Crippen molar-refractivity contribution in [2.24, 2.45) is 0 Å². The Labute approximate surface area is 143 Å². The first-order chi connectivity index (χ1) is 10.8. The van der Waals surface area contributed by atoms with Gasteiger partial charge in [-0.2, -0.15) is 0 Å². The zero-order valence-electron chi connectivity index (χ0n) is 13.3. The normalized spacial score (nSPS) is 11.9. The molecule has 7 heteroatoms. The van der Waals surface area contributed by atoms with Crippen molar-refractivity contribution in [2.45, 2.75) is 33.8 Å². The zero-order chi connectivity index (χ0) is 17.1. The summed E-state index contributed by atoms with van der Waals surface area (Å²) in [5.74, 6) is 0.196. The molecular formula is C16H17ClN2O3S. The van der Waals surface area contributed by atoms with Gasteiger partial charge in [0.1, 0.15) is 5.75 Å². The molecule has 0 saturated heterocycles. The molecule has 1 unspecified atom stereocenters. The van der Waals surface area contributed by atoms with Crippen LogP contribution in [0, 0.1) is 13.8 Å². The maximum Gasteiger partial charge on any atom is 0.266 e. The average Bonchev–Trinajstić information content (AvgIpc) is 2.82. The molecule has 122 valence electrons. The van der Waals surface area contributed by atoms with Crippen molar-refractivity contribution in [1.29, 1.82) is 0 Å². The van der Waals surface area contributed by atoms with Gasteiger partial charge in [-0.25, -0.2) is 4.98 Å². The third-order valence-electron chi connectivity index (χ3n) is 3.16. The largest absolute Gasteiger partial charge is 0.481 e. The van der Waals surface area contributed by atoms with E-state index in [1.54, 1.807) is 32.0 Å². The number of carbonyl (C=O) groups excluding carboxylic acids is 2. The number of hydrogen-bond acceptors (Lipinski definition) is 5. The number of nitrogens with one attached hydrogen (secondary N) is 1. The fraction of sp³-hybridized carbons (Fsp3) is 0.312. The van der Waals surface area contributed by atoms with Crippen LogP contribution in [0.1, 0.15) is 34.8 Å². The van der Waals surface area contributed by atoms with Crippen molar-refractivity contribution in [3.63, 3.8) is 0 Å². The van der Waals surface area contributed by atoms with Crippen molar-refractivity contribution in [3.8, 4) is 5.75 Å². The van der Waals surface area contributed by atoms with Gasteiger partial charge in [-0.3, -0.25) is 14.9 Å². The van der Waals surface area contributed by atoms with Gasteiger partial charge in [0, 0.05) is 11.9 Å². The highest BCUT2D eigenvalue weighted by Gasteiger charge is 2.19. The van der Waals surface area contributed by atoms with Crippen LogP contribution < -0.4 is 10.1 Å². The van der Waals surface area contributed by atoms with Crippen LogP contribution in [0.4, 0.5) is 5.13 Å². The number of aryl methyl sites for hydroxylation is 2. The summed E-state index contributed by atoms with van der Waals surface area (Å²) >= 11 is 7.06. The summed E-state index contributed by atoms with van der Waals surface area (Å²) in [6.07, 6.45) is -0.708. The van der Waals surface area contributed by atoms with Crippen molar-refractivity contribution >= 4 is 39.8 Å². The number of nitrogens with zero attached hydrogens (tertiary/aromatic N) is 1. The number of ketones is 1. The van der Waals surface area contributed by atoms with E-state index in [0.29, 0.717) is 26.5 Å². The minimum absolute atomic E-state index is 0.0680. The number of Topliss-reactive ketones (excluding diaryl/α,β-unsaturated/α-hetero) is 1. The van der Waals surface area contributed by atoms with Crippen LogP contribution >= 0.6 is 22.9 Å². The van der Waals surface area contributed by atoms with E-state index in [-0.39, 0.29) is 11.7 Å². The van der Waals surface area contributed by atoms with Gasteiger partial charge in [-0.15, -0.1) is 0 Å². The minimum atomic E-state index is -0.708. The zero-order valence-corrected chi connectivity index (χ0v) is 14.8. The van der Waals surface area contributed by atoms with Crippen molar-refractivity contribution in [2.75, 3.05) is 5.32 Å². The average molecular weight is 353 g/mol. The predicted molar refractivity (Wildman–Crippen MR) is 91.8 cm³/mol. The van der Waals surface area contributed by atoms with Gasteiger partial charge in [0.15, 0.2) is 17.0 Å². The number of anilines is 1. The Bertz CT molecular complexity index is 758. The van der Waals surface area contributed by atoms with E-state index >= 15 is 0 Å². The number of halogens is 1. The van der Waals surface area contributed by atoms with Gasteiger partial charge in [0.25, 0.3) is 5.91 Å². The first-order valence-electron chi connectivity index (χ1n) is 7.00. The van der Waals surface area contributed by atoms with Gasteiger partial charge in [0.05, 0.1) is 10.6 Å². The van der Waals surface area contributed by atoms with E-state index in [4.69, 9.17) is 16.3 Å². The number of benzene rings is 1. The van der Waals surface area contributed by atoms with Crippen LogP contribution in [0.15, 0.2) is 18.2 Å². The summed E-state index contributed by atoms with van der Waals surface area (Å²) in [4.78, 5) is 28.4. The summed E-state index contributed by atoms with van der Waals surface area (Å²) < 4.78 is 5.66. The lowest BCUT2D eigenvalue weighted by atomic mass is 10.2. The number of carbonyl (C=O) groups is 2. The molecule has 1 amide bonds. The molecule has 23 heavy (non-hydrogen) atoms. The molecule has 0 bridgehead atoms. The lowest BCUT2D eigenvalue weighted by Crippen LogP contribution is -2.30. The Hall–Kier alpha value is -1.92. The van der Waals surface area contributed by atoms with Gasteiger partial charge in [-0.1, -0.05) is 22.9 Å². The van der Waals surface area contributed by atoms with Crippen molar-refractivity contribution in [1.82, 2.24) is 4.98 Å². The first kappa shape index (κ1) is 17.4. The molecular weight excluding hydrogens is 336 g/mol. The van der Waals surface area contributed by atoms with Crippen LogP contribution in [-0.4, -0.2) is 22.8 Å². The quantitative estimate of drug-likeness (QED) is 0.825. The smallest absolute Gasteiger partial charge is 0.266 e. The standard InChI is InChI=1S/C16H17ClN2O3S/c1-8-7-12(17)5-6-13(8)22-11(4)15(21)19-16-18-9(2)14(23-16)10(3)20/h5-7,11H,1-4H3,(H,18,19,21). The lowest BCUT2D eigenvalue weighted by Gasteiger charge is -2.15. The minimum Gasteiger partial charge on any atom is -0.481 e. The molecule has 1 aromatic heterocycles. The Balaban J connectivity index is 2.05. The highest BCUT2D eigenvalue weighted by atomic mass is 35.5. The molecule has 2 rings (SSSR count). The second-order valence-corrected chi connectivity index (χ2v) is 6.58. The molecule has 0 spiro atoms. The number of rotatable bonds is 5. The Morgan fingerprint density at radius 3 is 2.61 bits per heavy atom. The van der Waals surface area contributed by atoms with Gasteiger partial charge >= 0.3 is 0 Å². The molecule has 1 aromatic carbocycles. The molecule has 0 aliphatic heterocycles. The molecule has 1 atom stereocenters. The van der Waals surface area contributed by atoms with Crippen LogP contribution in [0.25, 0.3) is 0 Å². The number of thiazole rings is 1. The second kappa shape index (κ2) is 7.10. The predicted octanol–water partition coefficient (Wildman–Crippen LogP) is 4.02. The molecule has 1 N–H and O–H groups in total. The van der Waals surface area contributed by atoms with Gasteiger partial charge in [-0.05, 0) is 44.5 Å². The number of amides is 1. The summed E-state index contributed by atoms with van der Waals surface area (Å²) in [5.41, 5.74) is 1.46. The molecule has 0 fully saturated rings. The first-order valence-corrected chi connectivity index (χ1v) is 8.19. The fourth-order valence-corrected chi connectivity index (χ4v) is 3.06. The van der Waals surface area contributed by atoms with E-state index in [2.05, 4.69) is 10.3 Å². The van der Waals surface area contributed by atoms with E-state index < -0.39 is 6.10 Å². The Morgan fingerprint density at radius 1 is 1.35 bits per heavy atom. The van der Waals surface area contributed by atoms with Gasteiger partial charge < -0.3 is 4.74 Å². The Kier molecular flexibility index (Phi) is 5.38. The van der Waals surface area contributed by atoms with E-state index in [9.17, 15) is 9.59 Å². The molecule has 5 nitrogen and oxygen atoms in total. The highest BCUT2D eigenvalue weighted by Crippen LogP contribution is 2.25. The third kappa shape index (κ3) is 4.30. The molecule has 0 saturated carbocycles. The Morgan fingerprint density at radius 2 is 2.04 bits per heavy atom. The van der Waals surface area contributed by atoms with Crippen LogP contribution in [0.3, 0.4) is 0 Å². The second-order valence-electron chi connectivity index (χ2n) is 5.15. The number of aromatic nitrogens is 1. The van der Waals surface area contributed by atoms with Crippen molar-refractivity contribution in [3.05, 3.63) is 39.4 Å². The molecule has 2 aromatic rings. The maximum atomic E-state index is 12.2. The van der Waals surface area contributed by atoms with E-state index in [1.165, 1.54) is 6.92 Å². The molecule has 1 heterocycles. The van der Waals surface area contributed by atoms with Gasteiger partial charge in [0.2, 0.25) is 0 Å². The summed E-state index contributed by atoms with van der Waals surface area (Å²) in [6.45, 7) is 6.71. The molecule has 0 aliphatic rings. The lowest BCUT2D eigenvalue weighted by molar-refractivity contribution is -0.122. The van der Waals surface area contributed by atoms with Crippen molar-refractivity contribution < 1.29 is 14.3 Å².